The molecule has 0 atom stereocenters. The molecule has 3 rings (SSSR count). The van der Waals surface area contributed by atoms with E-state index in [9.17, 15) is 18.0 Å². The summed E-state index contributed by atoms with van der Waals surface area (Å²) >= 11 is 5.74. The highest BCUT2D eigenvalue weighted by molar-refractivity contribution is 7.90. The summed E-state index contributed by atoms with van der Waals surface area (Å²) in [6, 6.07) is 12.4. The second kappa shape index (κ2) is 7.85. The number of nitrogens with zero attached hydrogens (tertiary/aromatic N) is 3. The Morgan fingerprint density at radius 1 is 1.15 bits per heavy atom. The van der Waals surface area contributed by atoms with E-state index < -0.39 is 20.7 Å². The Bertz CT molecular complexity index is 1080. The molecule has 0 amide bonds. The van der Waals surface area contributed by atoms with Crippen molar-refractivity contribution in [2.24, 2.45) is 5.16 Å². The topological polar surface area (TPSA) is 106 Å². The average molecular weight is 410 g/mol. The Morgan fingerprint density at radius 3 is 2.56 bits per heavy atom. The first-order valence-corrected chi connectivity index (χ1v) is 9.68. The van der Waals surface area contributed by atoms with Crippen LogP contribution in [0.15, 0.2) is 63.3 Å². The second-order valence-electron chi connectivity index (χ2n) is 5.63. The van der Waals surface area contributed by atoms with E-state index in [-0.39, 0.29) is 28.6 Å². The molecule has 140 valence electrons. The molecule has 0 unspecified atom stereocenters. The van der Waals surface area contributed by atoms with Crippen molar-refractivity contribution in [1.82, 2.24) is 10.3 Å². The summed E-state index contributed by atoms with van der Waals surface area (Å²) in [6.07, 6.45) is -0.0570. The van der Waals surface area contributed by atoms with Gasteiger partial charge in [0.1, 0.15) is 11.5 Å². The van der Waals surface area contributed by atoms with Crippen molar-refractivity contribution in [3.63, 3.8) is 0 Å². The van der Waals surface area contributed by atoms with Crippen LogP contribution in [0.5, 0.6) is 0 Å². The molecule has 1 N–H and O–H groups in total. The maximum absolute atomic E-state index is 13.3. The van der Waals surface area contributed by atoms with Crippen LogP contribution in [0.1, 0.15) is 16.8 Å². The number of aromatic nitrogens is 2. The first-order valence-electron chi connectivity index (χ1n) is 7.65. The molecule has 0 radical (unpaired) electrons. The van der Waals surface area contributed by atoms with Gasteiger partial charge in [-0.25, -0.2) is 17.4 Å². The summed E-state index contributed by atoms with van der Waals surface area (Å²) in [5, 5.41) is 18.9. The van der Waals surface area contributed by atoms with E-state index in [0.29, 0.717) is 11.1 Å². The number of halogens is 2. The molecule has 0 fully saturated rings. The van der Waals surface area contributed by atoms with Gasteiger partial charge in [0.25, 0.3) is 0 Å². The Labute approximate surface area is 159 Å². The van der Waals surface area contributed by atoms with Crippen molar-refractivity contribution in [2.45, 2.75) is 17.2 Å². The van der Waals surface area contributed by atoms with E-state index in [1.54, 1.807) is 30.3 Å². The van der Waals surface area contributed by atoms with Gasteiger partial charge in [-0.05, 0) is 33.6 Å². The lowest BCUT2D eigenvalue weighted by molar-refractivity contribution is 0.295. The number of hydrogen-bond acceptors (Lipinski definition) is 7. The van der Waals surface area contributed by atoms with Crippen molar-refractivity contribution < 1.29 is 22.6 Å². The summed E-state index contributed by atoms with van der Waals surface area (Å²) in [5.74, 6) is -0.923. The molecule has 27 heavy (non-hydrogen) atoms. The fourth-order valence-electron chi connectivity index (χ4n) is 2.43. The van der Waals surface area contributed by atoms with Crippen LogP contribution >= 0.6 is 11.6 Å². The Balaban J connectivity index is 1.91. The van der Waals surface area contributed by atoms with Crippen LogP contribution in [0.25, 0.3) is 0 Å². The van der Waals surface area contributed by atoms with Crippen LogP contribution in [0.4, 0.5) is 4.39 Å². The molecule has 0 aliphatic carbocycles. The van der Waals surface area contributed by atoms with Gasteiger partial charge in [-0.1, -0.05) is 53.2 Å². The zero-order chi connectivity index (χ0) is 19.4. The summed E-state index contributed by atoms with van der Waals surface area (Å²) in [4.78, 5) is 0. The molecule has 0 spiro atoms. The molecule has 2 aromatic carbocycles. The van der Waals surface area contributed by atoms with Gasteiger partial charge in [-0.15, -0.1) is 0 Å². The minimum Gasteiger partial charge on any atom is -0.411 e. The fraction of sp³-hybridized carbons (Fsp3) is 0.118. The highest BCUT2D eigenvalue weighted by Gasteiger charge is 2.28. The van der Waals surface area contributed by atoms with Gasteiger partial charge in [0.15, 0.2) is 5.69 Å². The molecular formula is C17H13ClFN3O4S. The van der Waals surface area contributed by atoms with E-state index in [4.69, 9.17) is 11.6 Å². The quantitative estimate of drug-likeness (QED) is 0.380. The first kappa shape index (κ1) is 19.0. The van der Waals surface area contributed by atoms with E-state index in [1.807, 2.05) is 0 Å². The van der Waals surface area contributed by atoms with E-state index in [2.05, 4.69) is 20.1 Å². The third kappa shape index (κ3) is 4.32. The van der Waals surface area contributed by atoms with Gasteiger partial charge >= 0.3 is 0 Å². The summed E-state index contributed by atoms with van der Waals surface area (Å²) in [7, 11) is -3.91. The number of sulfone groups is 1. The molecule has 0 aliphatic heterocycles. The zero-order valence-electron chi connectivity index (χ0n) is 13.7. The Hall–Kier alpha value is -2.78. The molecule has 1 aromatic heterocycles. The highest BCUT2D eigenvalue weighted by Crippen LogP contribution is 2.21. The normalized spacial score (nSPS) is 12.3. The van der Waals surface area contributed by atoms with Crippen LogP contribution in [-0.2, 0) is 22.0 Å². The van der Waals surface area contributed by atoms with Crippen molar-refractivity contribution in [1.29, 1.82) is 0 Å². The number of benzene rings is 2. The van der Waals surface area contributed by atoms with Crippen LogP contribution in [0.2, 0.25) is 5.02 Å². The third-order valence-electron chi connectivity index (χ3n) is 3.70. The monoisotopic (exact) mass is 409 g/mol. The third-order valence-corrected chi connectivity index (χ3v) is 5.56. The Morgan fingerprint density at radius 2 is 1.89 bits per heavy atom. The van der Waals surface area contributed by atoms with E-state index >= 15 is 0 Å². The fourth-order valence-corrected chi connectivity index (χ4v) is 4.00. The zero-order valence-corrected chi connectivity index (χ0v) is 15.3. The largest absolute Gasteiger partial charge is 0.411 e. The average Bonchev–Trinajstić information content (AvgIpc) is 3.14. The van der Waals surface area contributed by atoms with Gasteiger partial charge < -0.3 is 5.21 Å². The molecular weight excluding hydrogens is 397 g/mol. The summed E-state index contributed by atoms with van der Waals surface area (Å²) in [6.45, 7) is 0. The van der Waals surface area contributed by atoms with Crippen LogP contribution in [-0.4, -0.2) is 29.7 Å². The molecule has 0 saturated heterocycles. The lowest BCUT2D eigenvalue weighted by Crippen LogP contribution is -2.14. The number of rotatable bonds is 6. The SMILES string of the molecule is O=S(=O)(Cc1ccccc1)c1nonc1C(Cc1ccc(F)c(Cl)c1)=NO. The Kier molecular flexibility index (Phi) is 5.52. The van der Waals surface area contributed by atoms with Crippen LogP contribution in [0, 0.1) is 5.82 Å². The predicted octanol–water partition coefficient (Wildman–Crippen LogP) is 3.26. The number of oxime groups is 1. The maximum Gasteiger partial charge on any atom is 0.228 e. The molecule has 7 nitrogen and oxygen atoms in total. The van der Waals surface area contributed by atoms with E-state index in [1.165, 1.54) is 12.1 Å². The minimum absolute atomic E-state index is 0.0570. The molecule has 0 bridgehead atoms. The highest BCUT2D eigenvalue weighted by atomic mass is 35.5. The van der Waals surface area contributed by atoms with Crippen LogP contribution < -0.4 is 0 Å². The molecule has 0 saturated carbocycles. The van der Waals surface area contributed by atoms with Gasteiger partial charge in [0.05, 0.1) is 10.8 Å². The summed E-state index contributed by atoms with van der Waals surface area (Å²) in [5.41, 5.74) is 0.724. The van der Waals surface area contributed by atoms with Crippen molar-refractivity contribution in [2.75, 3.05) is 0 Å². The number of hydrogen-bond donors (Lipinski definition) is 1. The smallest absolute Gasteiger partial charge is 0.228 e. The van der Waals surface area contributed by atoms with Crippen molar-refractivity contribution in [3.8, 4) is 0 Å². The molecule has 0 aliphatic rings. The summed E-state index contributed by atoms with van der Waals surface area (Å²) < 4.78 is 43.2. The molecule has 3 aromatic rings. The molecule has 10 heteroatoms. The van der Waals surface area contributed by atoms with Gasteiger partial charge in [0.2, 0.25) is 14.9 Å². The van der Waals surface area contributed by atoms with Gasteiger partial charge in [-0.3, -0.25) is 0 Å². The van der Waals surface area contributed by atoms with Crippen molar-refractivity contribution in [3.05, 3.63) is 76.2 Å². The second-order valence-corrected chi connectivity index (χ2v) is 7.95. The molecule has 1 heterocycles. The lowest BCUT2D eigenvalue weighted by atomic mass is 10.1. The minimum atomic E-state index is -3.91. The standard InChI is InChI=1S/C17H13ClFN3O4S/c18-13-8-12(6-7-14(13)19)9-15(20-23)16-17(22-26-21-16)27(24,25)10-11-4-2-1-3-5-11/h1-8,23H,9-10H2. The van der Waals surface area contributed by atoms with Crippen LogP contribution in [0.3, 0.4) is 0 Å². The lowest BCUT2D eigenvalue weighted by Gasteiger charge is -2.05. The van der Waals surface area contributed by atoms with E-state index in [0.717, 1.165) is 6.07 Å². The van der Waals surface area contributed by atoms with Gasteiger partial charge in [-0.2, -0.15) is 0 Å². The maximum atomic E-state index is 13.3. The predicted molar refractivity (Wildman–Crippen MR) is 95.1 cm³/mol. The first-order chi connectivity index (χ1) is 12.9. The van der Waals surface area contributed by atoms with Gasteiger partial charge in [0, 0.05) is 6.42 Å². The van der Waals surface area contributed by atoms with Crippen molar-refractivity contribution >= 4 is 27.1 Å².